The molecule has 0 aliphatic carbocycles. The third kappa shape index (κ3) is 3.23. The average Bonchev–Trinajstić information content (AvgIpc) is 2.52. The highest BCUT2D eigenvalue weighted by Crippen LogP contribution is 2.30. The molecule has 0 unspecified atom stereocenters. The second-order valence-corrected chi connectivity index (χ2v) is 4.57. The monoisotopic (exact) mass is 289 g/mol. The lowest BCUT2D eigenvalue weighted by atomic mass is 9.98. The molecule has 5 nitrogen and oxygen atoms in total. The zero-order chi connectivity index (χ0) is 15.9. The Labute approximate surface area is 127 Å². The Morgan fingerprint density at radius 1 is 1.09 bits per heavy atom. The van der Waals surface area contributed by atoms with Gasteiger partial charge in [0.2, 0.25) is 12.2 Å². The van der Waals surface area contributed by atoms with Crippen LogP contribution in [0.2, 0.25) is 0 Å². The van der Waals surface area contributed by atoms with Crippen molar-refractivity contribution in [1.29, 1.82) is 0 Å². The van der Waals surface area contributed by atoms with E-state index in [0.717, 1.165) is 16.7 Å². The highest BCUT2D eigenvalue weighted by atomic mass is 16.1. The highest BCUT2D eigenvalue weighted by molar-refractivity contribution is 5.64. The Morgan fingerprint density at radius 3 is 2.55 bits per heavy atom. The smallest absolute Gasteiger partial charge is 0.238 e. The van der Waals surface area contributed by atoms with Crippen molar-refractivity contribution in [3.8, 4) is 0 Å². The first-order valence-electron chi connectivity index (χ1n) is 6.44. The fourth-order valence-corrected chi connectivity index (χ4v) is 2.16. The van der Waals surface area contributed by atoms with Gasteiger partial charge < -0.3 is 0 Å². The maximum absolute atomic E-state index is 10.6. The van der Waals surface area contributed by atoms with Crippen LogP contribution in [-0.2, 0) is 16.0 Å². The number of nitrogens with zero attached hydrogens (tertiary/aromatic N) is 3. The largest absolute Gasteiger partial charge is 0.240 e. The molecule has 0 amide bonds. The molecular formula is C17H11N3O2. The Hall–Kier alpha value is -3.31. The van der Waals surface area contributed by atoms with E-state index in [9.17, 15) is 9.59 Å². The van der Waals surface area contributed by atoms with Gasteiger partial charge >= 0.3 is 0 Å². The molecule has 0 bridgehead atoms. The van der Waals surface area contributed by atoms with E-state index in [-0.39, 0.29) is 0 Å². The first kappa shape index (κ1) is 15.1. The molecule has 0 aromatic heterocycles. The van der Waals surface area contributed by atoms with Gasteiger partial charge in [0.05, 0.1) is 17.9 Å². The molecule has 0 atom stereocenters. The van der Waals surface area contributed by atoms with Gasteiger partial charge in [-0.25, -0.2) is 14.4 Å². The van der Waals surface area contributed by atoms with Crippen LogP contribution >= 0.6 is 0 Å². The summed E-state index contributed by atoms with van der Waals surface area (Å²) in [5.74, 6) is 0. The van der Waals surface area contributed by atoms with Crippen molar-refractivity contribution in [3.05, 3.63) is 64.5 Å². The minimum atomic E-state index is 0.374. The molecule has 0 N–H and O–H groups in total. The fraction of sp³-hybridized carbons (Fsp3) is 0.118. The minimum Gasteiger partial charge on any atom is -0.238 e. The van der Waals surface area contributed by atoms with Crippen LogP contribution in [0.3, 0.4) is 0 Å². The van der Waals surface area contributed by atoms with Crippen molar-refractivity contribution in [3.63, 3.8) is 0 Å². The summed E-state index contributed by atoms with van der Waals surface area (Å²) in [6.07, 6.45) is 3.47. The maximum atomic E-state index is 10.6. The van der Waals surface area contributed by atoms with E-state index in [4.69, 9.17) is 6.57 Å². The lowest BCUT2D eigenvalue weighted by Crippen LogP contribution is -1.92. The normalized spacial score (nSPS) is 9.27. The van der Waals surface area contributed by atoms with Crippen LogP contribution in [0, 0.1) is 13.5 Å². The van der Waals surface area contributed by atoms with Gasteiger partial charge in [0.25, 0.3) is 0 Å². The van der Waals surface area contributed by atoms with Gasteiger partial charge in [0.1, 0.15) is 0 Å². The van der Waals surface area contributed by atoms with Crippen molar-refractivity contribution in [2.75, 3.05) is 0 Å². The molecule has 0 spiro atoms. The number of hydrogen-bond donors (Lipinski definition) is 0. The second kappa shape index (κ2) is 6.92. The van der Waals surface area contributed by atoms with Crippen molar-refractivity contribution >= 4 is 29.2 Å². The van der Waals surface area contributed by atoms with E-state index in [2.05, 4.69) is 14.8 Å². The van der Waals surface area contributed by atoms with Crippen LogP contribution in [0.1, 0.15) is 16.7 Å². The van der Waals surface area contributed by atoms with Gasteiger partial charge in [0, 0.05) is 0 Å². The van der Waals surface area contributed by atoms with E-state index in [1.54, 1.807) is 18.2 Å². The Bertz CT molecular complexity index is 853. The van der Waals surface area contributed by atoms with Gasteiger partial charge in [-0.3, -0.25) is 0 Å². The lowest BCUT2D eigenvalue weighted by Gasteiger charge is -2.09. The topological polar surface area (TPSA) is 63.2 Å². The first-order valence-corrected chi connectivity index (χ1v) is 6.44. The van der Waals surface area contributed by atoms with E-state index >= 15 is 0 Å². The van der Waals surface area contributed by atoms with Crippen molar-refractivity contribution < 1.29 is 9.59 Å². The first-order chi connectivity index (χ1) is 10.7. The minimum absolute atomic E-state index is 0.374. The van der Waals surface area contributed by atoms with Crippen LogP contribution in [0.4, 0.5) is 17.1 Å². The van der Waals surface area contributed by atoms with Crippen molar-refractivity contribution in [2.24, 2.45) is 9.98 Å². The number of hydrogen-bond acceptors (Lipinski definition) is 4. The molecular weight excluding hydrogens is 278 g/mol. The summed E-state index contributed by atoms with van der Waals surface area (Å²) < 4.78 is 0. The SMILES string of the molecule is [C-]#[N+]c1cccc(Cc2ccc(N=C=O)cc2N=C=O)c1C. The number of benzene rings is 2. The predicted octanol–water partition coefficient (Wildman–Crippen LogP) is 4.07. The molecule has 2 aromatic carbocycles. The fourth-order valence-electron chi connectivity index (χ4n) is 2.16. The van der Waals surface area contributed by atoms with Crippen molar-refractivity contribution in [1.82, 2.24) is 0 Å². The molecule has 0 saturated heterocycles. The molecule has 106 valence electrons. The summed E-state index contributed by atoms with van der Waals surface area (Å²) in [7, 11) is 0. The summed E-state index contributed by atoms with van der Waals surface area (Å²) in [6.45, 7) is 9.04. The number of rotatable bonds is 4. The zero-order valence-corrected chi connectivity index (χ0v) is 11.8. The van der Waals surface area contributed by atoms with E-state index in [1.807, 2.05) is 19.1 Å². The third-order valence-corrected chi connectivity index (χ3v) is 3.33. The molecule has 2 aromatic rings. The summed E-state index contributed by atoms with van der Waals surface area (Å²) >= 11 is 0. The van der Waals surface area contributed by atoms with Gasteiger partial charge in [0.15, 0.2) is 5.69 Å². The van der Waals surface area contributed by atoms with E-state index < -0.39 is 0 Å². The standard InChI is InChI=1S/C17H11N3O2/c1-12-13(4-3-5-16(12)18-2)8-14-6-7-15(19-10-21)9-17(14)20-11-22/h3-7,9H,8H2,1H3. The zero-order valence-electron chi connectivity index (χ0n) is 11.8. The van der Waals surface area contributed by atoms with Crippen LogP contribution in [0.15, 0.2) is 46.4 Å². The second-order valence-electron chi connectivity index (χ2n) is 4.57. The molecule has 5 heteroatoms. The molecule has 2 rings (SSSR count). The summed E-state index contributed by atoms with van der Waals surface area (Å²) in [4.78, 5) is 31.5. The molecule has 0 fully saturated rings. The Morgan fingerprint density at radius 2 is 1.86 bits per heavy atom. The highest BCUT2D eigenvalue weighted by Gasteiger charge is 2.08. The van der Waals surface area contributed by atoms with Gasteiger partial charge in [-0.2, -0.15) is 9.98 Å². The number of aliphatic imine (C=N–C) groups is 2. The molecule has 0 aliphatic rings. The van der Waals surface area contributed by atoms with Crippen LogP contribution < -0.4 is 0 Å². The average molecular weight is 289 g/mol. The molecule has 22 heavy (non-hydrogen) atoms. The molecule has 0 saturated carbocycles. The lowest BCUT2D eigenvalue weighted by molar-refractivity contribution is 0.565. The summed E-state index contributed by atoms with van der Waals surface area (Å²) in [5, 5.41) is 0. The van der Waals surface area contributed by atoms with Crippen molar-refractivity contribution in [2.45, 2.75) is 13.3 Å². The number of isocyanates is 2. The molecule has 0 aliphatic heterocycles. The molecule has 0 radical (unpaired) electrons. The van der Waals surface area contributed by atoms with Gasteiger partial charge in [-0.15, -0.1) is 0 Å². The molecule has 0 heterocycles. The van der Waals surface area contributed by atoms with Gasteiger partial charge in [-0.05, 0) is 36.6 Å². The van der Waals surface area contributed by atoms with Crippen LogP contribution in [-0.4, -0.2) is 12.2 Å². The van der Waals surface area contributed by atoms with Gasteiger partial charge in [-0.1, -0.05) is 29.8 Å². The number of carbonyl (C=O) groups excluding carboxylic acids is 2. The maximum Gasteiger partial charge on any atom is 0.240 e. The summed E-state index contributed by atoms with van der Waals surface area (Å²) in [6, 6.07) is 10.4. The van der Waals surface area contributed by atoms with E-state index in [0.29, 0.717) is 23.5 Å². The Balaban J connectivity index is 2.48. The van der Waals surface area contributed by atoms with Crippen LogP contribution in [0.25, 0.3) is 4.85 Å². The predicted molar refractivity (Wildman–Crippen MR) is 82.3 cm³/mol. The Kier molecular flexibility index (Phi) is 4.74. The van der Waals surface area contributed by atoms with E-state index in [1.165, 1.54) is 18.2 Å². The van der Waals surface area contributed by atoms with Crippen LogP contribution in [0.5, 0.6) is 0 Å². The quantitative estimate of drug-likeness (QED) is 0.484. The third-order valence-electron chi connectivity index (χ3n) is 3.33. The summed E-state index contributed by atoms with van der Waals surface area (Å²) in [5.41, 5.74) is 4.04.